The van der Waals surface area contributed by atoms with Gasteiger partial charge in [0.25, 0.3) is 0 Å². The first-order chi connectivity index (χ1) is 7.60. The zero-order valence-corrected chi connectivity index (χ0v) is 10.9. The zero-order chi connectivity index (χ0) is 11.7. The van der Waals surface area contributed by atoms with Crippen LogP contribution in [0.5, 0.6) is 5.75 Å². The Kier molecular flexibility index (Phi) is 3.45. The van der Waals surface area contributed by atoms with E-state index in [0.717, 1.165) is 18.6 Å². The summed E-state index contributed by atoms with van der Waals surface area (Å²) in [7, 11) is 1.72. The molecule has 2 nitrogen and oxygen atoms in total. The van der Waals surface area contributed by atoms with Gasteiger partial charge in [0.2, 0.25) is 0 Å². The summed E-state index contributed by atoms with van der Waals surface area (Å²) in [5.41, 5.74) is 8.31. The molecular formula is C13H19NOS. The molecule has 0 bridgehead atoms. The summed E-state index contributed by atoms with van der Waals surface area (Å²) in [6, 6.07) is 4.77. The number of methoxy groups -OCH3 is 1. The Hall–Kier alpha value is -0.670. The SMILES string of the molecule is COc1cc(C)c(SC2CC(N)C2)cc1C. The van der Waals surface area contributed by atoms with Gasteiger partial charge in [-0.25, -0.2) is 0 Å². The van der Waals surface area contributed by atoms with Crippen molar-refractivity contribution >= 4 is 11.8 Å². The van der Waals surface area contributed by atoms with Crippen LogP contribution in [0.1, 0.15) is 24.0 Å². The van der Waals surface area contributed by atoms with Gasteiger partial charge in [-0.05, 0) is 49.9 Å². The molecule has 1 fully saturated rings. The van der Waals surface area contributed by atoms with Crippen LogP contribution in [0.2, 0.25) is 0 Å². The second-order valence-corrected chi connectivity index (χ2v) is 5.90. The summed E-state index contributed by atoms with van der Waals surface area (Å²) in [5, 5.41) is 0.710. The van der Waals surface area contributed by atoms with Gasteiger partial charge in [0.15, 0.2) is 0 Å². The number of hydrogen-bond donors (Lipinski definition) is 1. The van der Waals surface area contributed by atoms with Gasteiger partial charge in [-0.2, -0.15) is 0 Å². The molecule has 88 valence electrons. The average Bonchev–Trinajstić information content (AvgIpc) is 2.20. The van der Waals surface area contributed by atoms with Crippen LogP contribution >= 0.6 is 11.8 Å². The van der Waals surface area contributed by atoms with Crippen molar-refractivity contribution in [2.75, 3.05) is 7.11 Å². The normalized spacial score (nSPS) is 24.0. The van der Waals surface area contributed by atoms with E-state index in [2.05, 4.69) is 26.0 Å². The largest absolute Gasteiger partial charge is 0.496 e. The van der Waals surface area contributed by atoms with Crippen LogP contribution in [0.25, 0.3) is 0 Å². The van der Waals surface area contributed by atoms with Crippen molar-refractivity contribution in [2.45, 2.75) is 42.9 Å². The number of thioether (sulfide) groups is 1. The van der Waals surface area contributed by atoms with E-state index >= 15 is 0 Å². The minimum Gasteiger partial charge on any atom is -0.496 e. The Morgan fingerprint density at radius 2 is 1.94 bits per heavy atom. The molecule has 0 radical (unpaired) electrons. The Balaban J connectivity index is 2.12. The lowest BCUT2D eigenvalue weighted by Gasteiger charge is -2.32. The van der Waals surface area contributed by atoms with Crippen molar-refractivity contribution in [1.82, 2.24) is 0 Å². The lowest BCUT2D eigenvalue weighted by molar-refractivity contribution is 0.411. The quantitative estimate of drug-likeness (QED) is 0.878. The van der Waals surface area contributed by atoms with Gasteiger partial charge in [0, 0.05) is 16.2 Å². The van der Waals surface area contributed by atoms with Crippen LogP contribution in [0, 0.1) is 13.8 Å². The fourth-order valence-electron chi connectivity index (χ4n) is 1.99. The zero-order valence-electron chi connectivity index (χ0n) is 10.1. The number of benzene rings is 1. The summed E-state index contributed by atoms with van der Waals surface area (Å²) in [4.78, 5) is 1.37. The molecule has 0 amide bonds. The van der Waals surface area contributed by atoms with E-state index < -0.39 is 0 Å². The molecule has 1 saturated carbocycles. The fraction of sp³-hybridized carbons (Fsp3) is 0.538. The number of rotatable bonds is 3. The molecule has 2 rings (SSSR count). The molecule has 0 aliphatic heterocycles. The van der Waals surface area contributed by atoms with Gasteiger partial charge < -0.3 is 10.5 Å². The first-order valence-corrected chi connectivity index (χ1v) is 6.55. The molecule has 1 aliphatic carbocycles. The summed E-state index contributed by atoms with van der Waals surface area (Å²) in [6.07, 6.45) is 2.30. The summed E-state index contributed by atoms with van der Waals surface area (Å²) in [5.74, 6) is 0.979. The highest BCUT2D eigenvalue weighted by Crippen LogP contribution is 2.39. The van der Waals surface area contributed by atoms with E-state index in [-0.39, 0.29) is 0 Å². The highest BCUT2D eigenvalue weighted by molar-refractivity contribution is 8.00. The highest BCUT2D eigenvalue weighted by Gasteiger charge is 2.27. The third-order valence-corrected chi connectivity index (χ3v) is 4.53. The van der Waals surface area contributed by atoms with Crippen molar-refractivity contribution in [1.29, 1.82) is 0 Å². The molecule has 16 heavy (non-hydrogen) atoms. The monoisotopic (exact) mass is 237 g/mol. The van der Waals surface area contributed by atoms with E-state index in [1.54, 1.807) is 7.11 Å². The molecule has 0 saturated heterocycles. The second kappa shape index (κ2) is 4.68. The van der Waals surface area contributed by atoms with Crippen molar-refractivity contribution < 1.29 is 4.74 Å². The first kappa shape index (κ1) is 11.8. The predicted octanol–water partition coefficient (Wildman–Crippen LogP) is 2.89. The van der Waals surface area contributed by atoms with Crippen molar-refractivity contribution in [3.63, 3.8) is 0 Å². The van der Waals surface area contributed by atoms with Gasteiger partial charge in [0.1, 0.15) is 5.75 Å². The average molecular weight is 237 g/mol. The van der Waals surface area contributed by atoms with E-state index in [1.807, 2.05) is 11.8 Å². The van der Waals surface area contributed by atoms with Crippen LogP contribution in [-0.4, -0.2) is 18.4 Å². The lowest BCUT2D eigenvalue weighted by atomic mass is 9.93. The predicted molar refractivity (Wildman–Crippen MR) is 69.3 cm³/mol. The van der Waals surface area contributed by atoms with Gasteiger partial charge in [-0.15, -0.1) is 11.8 Å². The minimum atomic E-state index is 0.428. The molecule has 0 spiro atoms. The van der Waals surface area contributed by atoms with Gasteiger partial charge in [-0.3, -0.25) is 0 Å². The number of ether oxygens (including phenoxy) is 1. The first-order valence-electron chi connectivity index (χ1n) is 5.67. The van der Waals surface area contributed by atoms with E-state index in [0.29, 0.717) is 11.3 Å². The summed E-state index contributed by atoms with van der Waals surface area (Å²) < 4.78 is 5.31. The van der Waals surface area contributed by atoms with Crippen molar-refractivity contribution in [2.24, 2.45) is 5.73 Å². The van der Waals surface area contributed by atoms with Crippen LogP contribution < -0.4 is 10.5 Å². The maximum atomic E-state index is 5.80. The molecular weight excluding hydrogens is 218 g/mol. The highest BCUT2D eigenvalue weighted by atomic mass is 32.2. The number of hydrogen-bond acceptors (Lipinski definition) is 3. The Bertz CT molecular complexity index is 386. The molecule has 0 atom stereocenters. The van der Waals surface area contributed by atoms with Crippen molar-refractivity contribution in [3.8, 4) is 5.75 Å². The van der Waals surface area contributed by atoms with Crippen molar-refractivity contribution in [3.05, 3.63) is 23.3 Å². The molecule has 3 heteroatoms. The molecule has 0 aromatic heterocycles. The van der Waals surface area contributed by atoms with E-state index in [1.165, 1.54) is 16.0 Å². The third kappa shape index (κ3) is 2.36. The Morgan fingerprint density at radius 1 is 1.25 bits per heavy atom. The summed E-state index contributed by atoms with van der Waals surface area (Å²) in [6.45, 7) is 4.23. The molecule has 0 heterocycles. The molecule has 2 N–H and O–H groups in total. The smallest absolute Gasteiger partial charge is 0.122 e. The van der Waals surface area contributed by atoms with Crippen LogP contribution in [0.4, 0.5) is 0 Å². The number of aryl methyl sites for hydroxylation is 2. The maximum Gasteiger partial charge on any atom is 0.122 e. The van der Waals surface area contributed by atoms with Crippen LogP contribution in [0.15, 0.2) is 17.0 Å². The lowest BCUT2D eigenvalue weighted by Crippen LogP contribution is -2.38. The van der Waals surface area contributed by atoms with Crippen LogP contribution in [0.3, 0.4) is 0 Å². The number of nitrogens with two attached hydrogens (primary N) is 1. The van der Waals surface area contributed by atoms with Gasteiger partial charge in [-0.1, -0.05) is 0 Å². The fourth-order valence-corrected chi connectivity index (χ4v) is 3.53. The van der Waals surface area contributed by atoms with Gasteiger partial charge >= 0.3 is 0 Å². The standard InChI is InChI=1S/C13H19NOS/c1-8-5-13(9(2)4-12(8)15-3)16-11-6-10(14)7-11/h4-5,10-11H,6-7,14H2,1-3H3. The summed E-state index contributed by atoms with van der Waals surface area (Å²) >= 11 is 1.96. The minimum absolute atomic E-state index is 0.428. The van der Waals surface area contributed by atoms with E-state index in [4.69, 9.17) is 10.5 Å². The Labute approximate surface area is 102 Å². The molecule has 1 aromatic rings. The van der Waals surface area contributed by atoms with Crippen LogP contribution in [-0.2, 0) is 0 Å². The third-order valence-electron chi connectivity index (χ3n) is 3.12. The van der Waals surface area contributed by atoms with Gasteiger partial charge in [0.05, 0.1) is 7.11 Å². The molecule has 1 aromatic carbocycles. The topological polar surface area (TPSA) is 35.2 Å². The van der Waals surface area contributed by atoms with E-state index in [9.17, 15) is 0 Å². The molecule has 1 aliphatic rings. The maximum absolute atomic E-state index is 5.80. The second-order valence-electron chi connectivity index (χ2n) is 4.56. The molecule has 0 unspecified atom stereocenters. The Morgan fingerprint density at radius 3 is 2.50 bits per heavy atom.